The number of nitrogens with one attached hydrogen (secondary N) is 1. The molecule has 1 spiro atoms. The van der Waals surface area contributed by atoms with Crippen molar-refractivity contribution in [2.75, 3.05) is 0 Å². The van der Waals surface area contributed by atoms with E-state index in [-0.39, 0.29) is 5.91 Å². The summed E-state index contributed by atoms with van der Waals surface area (Å²) in [5, 5.41) is 2.35. The maximum atomic E-state index is 12.8. The highest BCUT2D eigenvalue weighted by Gasteiger charge is 2.55. The summed E-state index contributed by atoms with van der Waals surface area (Å²) in [5.74, 6) is -0.810. The Labute approximate surface area is 122 Å². The number of barbiturate groups is 1. The molecule has 6 heteroatoms. The van der Waals surface area contributed by atoms with Crippen molar-refractivity contribution in [1.82, 2.24) is 15.2 Å². The monoisotopic (exact) mass is 287 g/mol. The van der Waals surface area contributed by atoms with E-state index in [1.54, 1.807) is 25.4 Å². The zero-order valence-electron chi connectivity index (χ0n) is 11.8. The van der Waals surface area contributed by atoms with Crippen LogP contribution in [0.1, 0.15) is 44.2 Å². The fourth-order valence-corrected chi connectivity index (χ4v) is 3.24. The number of hydrogen-bond donors (Lipinski definition) is 1. The van der Waals surface area contributed by atoms with Crippen LogP contribution in [0.5, 0.6) is 0 Å². The van der Waals surface area contributed by atoms with Crippen LogP contribution in [-0.2, 0) is 9.59 Å². The van der Waals surface area contributed by atoms with Gasteiger partial charge in [-0.15, -0.1) is 0 Å². The number of pyridine rings is 1. The zero-order valence-corrected chi connectivity index (χ0v) is 11.8. The predicted octanol–water partition coefficient (Wildman–Crippen LogP) is 1.78. The van der Waals surface area contributed by atoms with Gasteiger partial charge in [-0.3, -0.25) is 24.8 Å². The van der Waals surface area contributed by atoms with Crippen LogP contribution in [0.2, 0.25) is 0 Å². The highest BCUT2D eigenvalue weighted by atomic mass is 16.2. The van der Waals surface area contributed by atoms with E-state index < -0.39 is 23.4 Å². The number of amides is 4. The summed E-state index contributed by atoms with van der Waals surface area (Å²) >= 11 is 0. The summed E-state index contributed by atoms with van der Waals surface area (Å²) in [6.45, 7) is 1.77. The Hall–Kier alpha value is -2.24. The van der Waals surface area contributed by atoms with Gasteiger partial charge in [0.25, 0.3) is 0 Å². The topological polar surface area (TPSA) is 79.4 Å². The Morgan fingerprint density at radius 2 is 2.00 bits per heavy atom. The van der Waals surface area contributed by atoms with E-state index in [1.165, 1.54) is 4.90 Å². The van der Waals surface area contributed by atoms with Crippen molar-refractivity contribution in [2.24, 2.45) is 5.41 Å². The average molecular weight is 287 g/mol. The van der Waals surface area contributed by atoms with E-state index in [2.05, 4.69) is 10.3 Å². The molecule has 3 rings (SSSR count). The lowest BCUT2D eigenvalue weighted by Gasteiger charge is -2.39. The molecule has 1 N–H and O–H groups in total. The van der Waals surface area contributed by atoms with Crippen molar-refractivity contribution >= 4 is 17.8 Å². The molecule has 1 aliphatic heterocycles. The molecule has 1 saturated heterocycles. The largest absolute Gasteiger partial charge is 0.331 e. The quantitative estimate of drug-likeness (QED) is 0.841. The van der Waals surface area contributed by atoms with Gasteiger partial charge in [0.15, 0.2) is 0 Å². The second kappa shape index (κ2) is 4.95. The van der Waals surface area contributed by atoms with Gasteiger partial charge in [0.2, 0.25) is 11.8 Å². The van der Waals surface area contributed by atoms with E-state index in [0.717, 1.165) is 18.4 Å². The van der Waals surface area contributed by atoms with Crippen molar-refractivity contribution in [3.63, 3.8) is 0 Å². The van der Waals surface area contributed by atoms with Crippen molar-refractivity contribution in [2.45, 2.75) is 38.6 Å². The zero-order chi connectivity index (χ0) is 15.0. The molecule has 2 aliphatic rings. The first-order valence-corrected chi connectivity index (χ1v) is 7.15. The highest BCUT2D eigenvalue weighted by Crippen LogP contribution is 2.43. The fraction of sp³-hybridized carbons (Fsp3) is 0.467. The van der Waals surface area contributed by atoms with Crippen molar-refractivity contribution in [3.8, 4) is 0 Å². The standard InChI is InChI=1S/C15H17N3O3/c1-10(11-5-4-8-16-9-11)18-13(20)15(6-2-3-7-15)12(19)17-14(18)21/h4-5,8-10H,2-3,6-7H2,1H3,(H,17,19,21). The molecular weight excluding hydrogens is 270 g/mol. The van der Waals surface area contributed by atoms with Crippen LogP contribution in [0.3, 0.4) is 0 Å². The summed E-state index contributed by atoms with van der Waals surface area (Å²) in [5.41, 5.74) is -0.284. The molecule has 0 bridgehead atoms. The van der Waals surface area contributed by atoms with E-state index >= 15 is 0 Å². The Morgan fingerprint density at radius 3 is 2.62 bits per heavy atom. The minimum absolute atomic E-state index is 0.370. The van der Waals surface area contributed by atoms with Crippen LogP contribution in [0.15, 0.2) is 24.5 Å². The van der Waals surface area contributed by atoms with E-state index in [4.69, 9.17) is 0 Å². The van der Waals surface area contributed by atoms with Crippen LogP contribution < -0.4 is 5.32 Å². The van der Waals surface area contributed by atoms with Gasteiger partial charge in [-0.25, -0.2) is 4.79 Å². The first-order chi connectivity index (χ1) is 10.1. The van der Waals surface area contributed by atoms with Gasteiger partial charge in [-0.05, 0) is 31.4 Å². The minimum atomic E-state index is -1.05. The second-order valence-electron chi connectivity index (χ2n) is 5.69. The Balaban J connectivity index is 1.96. The number of rotatable bonds is 2. The molecule has 1 atom stereocenters. The molecule has 0 aromatic carbocycles. The lowest BCUT2D eigenvalue weighted by Crippen LogP contribution is -2.63. The Bertz CT molecular complexity index is 593. The highest BCUT2D eigenvalue weighted by molar-refractivity contribution is 6.19. The smallest absolute Gasteiger partial charge is 0.277 e. The van der Waals surface area contributed by atoms with Crippen LogP contribution in [0.4, 0.5) is 4.79 Å². The van der Waals surface area contributed by atoms with Crippen LogP contribution >= 0.6 is 0 Å². The van der Waals surface area contributed by atoms with Crippen molar-refractivity contribution in [3.05, 3.63) is 30.1 Å². The molecule has 2 fully saturated rings. The second-order valence-corrected chi connectivity index (χ2v) is 5.69. The van der Waals surface area contributed by atoms with Gasteiger partial charge in [-0.1, -0.05) is 18.9 Å². The maximum absolute atomic E-state index is 12.8. The number of urea groups is 1. The molecule has 1 aliphatic carbocycles. The lowest BCUT2D eigenvalue weighted by molar-refractivity contribution is -0.152. The third-order valence-corrected chi connectivity index (χ3v) is 4.51. The number of imide groups is 2. The molecular formula is C15H17N3O3. The SMILES string of the molecule is CC(c1cccnc1)N1C(=O)NC(=O)C2(CCCC2)C1=O. The Kier molecular flexibility index (Phi) is 3.23. The molecule has 1 unspecified atom stereocenters. The van der Waals surface area contributed by atoms with Gasteiger partial charge in [-0.2, -0.15) is 0 Å². The number of nitrogens with zero attached hydrogens (tertiary/aromatic N) is 2. The molecule has 21 heavy (non-hydrogen) atoms. The molecule has 0 radical (unpaired) electrons. The van der Waals surface area contributed by atoms with Crippen molar-refractivity contribution in [1.29, 1.82) is 0 Å². The number of carbonyl (C=O) groups is 3. The van der Waals surface area contributed by atoms with Gasteiger partial charge in [0, 0.05) is 12.4 Å². The molecule has 2 heterocycles. The first kappa shape index (κ1) is 13.7. The van der Waals surface area contributed by atoms with Gasteiger partial charge < -0.3 is 0 Å². The summed E-state index contributed by atoms with van der Waals surface area (Å²) in [6, 6.07) is 2.49. The maximum Gasteiger partial charge on any atom is 0.331 e. The number of hydrogen-bond acceptors (Lipinski definition) is 4. The molecule has 1 aromatic heterocycles. The van der Waals surface area contributed by atoms with Crippen molar-refractivity contribution < 1.29 is 14.4 Å². The summed E-state index contributed by atoms with van der Waals surface area (Å²) < 4.78 is 0. The summed E-state index contributed by atoms with van der Waals surface area (Å²) in [6.07, 6.45) is 5.96. The fourth-order valence-electron chi connectivity index (χ4n) is 3.24. The van der Waals surface area contributed by atoms with Crippen LogP contribution in [0.25, 0.3) is 0 Å². The van der Waals surface area contributed by atoms with E-state index in [9.17, 15) is 14.4 Å². The van der Waals surface area contributed by atoms with E-state index in [1.807, 2.05) is 6.07 Å². The lowest BCUT2D eigenvalue weighted by atomic mass is 9.81. The average Bonchev–Trinajstić information content (AvgIpc) is 2.97. The van der Waals surface area contributed by atoms with Crippen LogP contribution in [-0.4, -0.2) is 27.7 Å². The third kappa shape index (κ3) is 2.02. The molecule has 6 nitrogen and oxygen atoms in total. The van der Waals surface area contributed by atoms with Crippen LogP contribution in [0, 0.1) is 5.41 Å². The Morgan fingerprint density at radius 1 is 1.29 bits per heavy atom. The van der Waals surface area contributed by atoms with Gasteiger partial charge in [0.1, 0.15) is 5.41 Å². The predicted molar refractivity (Wildman–Crippen MR) is 73.9 cm³/mol. The first-order valence-electron chi connectivity index (χ1n) is 7.15. The summed E-state index contributed by atoms with van der Waals surface area (Å²) in [4.78, 5) is 42.3. The molecule has 110 valence electrons. The molecule has 4 amide bonds. The number of carbonyl (C=O) groups excluding carboxylic acids is 3. The molecule has 1 aromatic rings. The normalized spacial score (nSPS) is 22.5. The minimum Gasteiger partial charge on any atom is -0.277 e. The molecule has 1 saturated carbocycles. The summed E-state index contributed by atoms with van der Waals surface area (Å²) in [7, 11) is 0. The third-order valence-electron chi connectivity index (χ3n) is 4.51. The van der Waals surface area contributed by atoms with Gasteiger partial charge in [0.05, 0.1) is 6.04 Å². The van der Waals surface area contributed by atoms with E-state index in [0.29, 0.717) is 12.8 Å². The number of aromatic nitrogens is 1. The van der Waals surface area contributed by atoms with Gasteiger partial charge >= 0.3 is 6.03 Å².